The third kappa shape index (κ3) is 4.81. The Labute approximate surface area is 204 Å². The number of hydrogen-bond donors (Lipinski definition) is 3. The molecule has 0 saturated carbocycles. The molecule has 3 aliphatic heterocycles. The van der Waals surface area contributed by atoms with Crippen molar-refractivity contribution in [2.75, 3.05) is 54.9 Å². The van der Waals surface area contributed by atoms with Gasteiger partial charge in [0.05, 0.1) is 18.8 Å². The van der Waals surface area contributed by atoms with Crippen LogP contribution in [0.3, 0.4) is 0 Å². The number of piperidine rings is 1. The van der Waals surface area contributed by atoms with Crippen LogP contribution in [0.1, 0.15) is 28.8 Å². The number of carbonyl (C=O) groups excluding carboxylic acids is 1. The molecule has 35 heavy (non-hydrogen) atoms. The lowest BCUT2D eigenvalue weighted by Gasteiger charge is -2.35. The summed E-state index contributed by atoms with van der Waals surface area (Å²) in [6.07, 6.45) is 3.58. The van der Waals surface area contributed by atoms with E-state index >= 15 is 4.39 Å². The number of anilines is 4. The molecule has 3 aliphatic rings. The third-order valence-electron chi connectivity index (χ3n) is 6.80. The van der Waals surface area contributed by atoms with E-state index < -0.39 is 5.82 Å². The minimum absolute atomic E-state index is 0.00576. The van der Waals surface area contributed by atoms with E-state index in [2.05, 4.69) is 43.9 Å². The van der Waals surface area contributed by atoms with Crippen molar-refractivity contribution >= 4 is 28.9 Å². The maximum atomic E-state index is 15.4. The minimum Gasteiger partial charge on any atom is -0.378 e. The molecule has 184 valence electrons. The second-order valence-corrected chi connectivity index (χ2v) is 9.06. The van der Waals surface area contributed by atoms with Gasteiger partial charge < -0.3 is 30.5 Å². The van der Waals surface area contributed by atoms with Crippen LogP contribution in [-0.4, -0.2) is 61.2 Å². The fourth-order valence-corrected chi connectivity index (χ4v) is 4.86. The molecule has 5 rings (SSSR count). The van der Waals surface area contributed by atoms with Gasteiger partial charge in [-0.25, -0.2) is 9.37 Å². The lowest BCUT2D eigenvalue weighted by atomic mass is 10.0. The quantitative estimate of drug-likeness (QED) is 0.525. The van der Waals surface area contributed by atoms with Crippen molar-refractivity contribution in [3.8, 4) is 0 Å². The van der Waals surface area contributed by atoms with Crippen LogP contribution in [-0.2, 0) is 11.3 Å². The first-order valence-electron chi connectivity index (χ1n) is 12.1. The molecule has 1 amide bonds. The monoisotopic (exact) mass is 478 g/mol. The highest BCUT2D eigenvalue weighted by atomic mass is 19.1. The summed E-state index contributed by atoms with van der Waals surface area (Å²) < 4.78 is 20.8. The first-order valence-corrected chi connectivity index (χ1v) is 12.1. The van der Waals surface area contributed by atoms with Gasteiger partial charge in [-0.3, -0.25) is 4.79 Å². The number of ether oxygens (including phenoxy) is 1. The number of nitrogens with zero attached hydrogens (tertiary/aromatic N) is 3. The number of rotatable bonds is 7. The third-order valence-corrected chi connectivity index (χ3v) is 6.80. The zero-order valence-corrected chi connectivity index (χ0v) is 19.8. The van der Waals surface area contributed by atoms with E-state index in [0.29, 0.717) is 17.9 Å². The predicted molar refractivity (Wildman–Crippen MR) is 136 cm³/mol. The number of allylic oxidation sites excluding steroid dienone is 1. The lowest BCUT2D eigenvalue weighted by Crippen LogP contribution is -2.41. The van der Waals surface area contributed by atoms with E-state index in [-0.39, 0.29) is 29.9 Å². The number of hydrogen-bond acceptors (Lipinski definition) is 7. The van der Waals surface area contributed by atoms with Gasteiger partial charge in [0.25, 0.3) is 5.91 Å². The molecular formula is C26H31FN6O2. The average molecular weight is 479 g/mol. The zero-order chi connectivity index (χ0) is 24.4. The van der Waals surface area contributed by atoms with Gasteiger partial charge in [0, 0.05) is 61.4 Å². The summed E-state index contributed by atoms with van der Waals surface area (Å²) in [6.45, 7) is 12.7. The van der Waals surface area contributed by atoms with Crippen LogP contribution in [0.5, 0.6) is 0 Å². The Morgan fingerprint density at radius 3 is 2.71 bits per heavy atom. The Bertz CT molecular complexity index is 1130. The van der Waals surface area contributed by atoms with Crippen molar-refractivity contribution in [1.29, 1.82) is 0 Å². The maximum Gasteiger partial charge on any atom is 0.255 e. The highest BCUT2D eigenvalue weighted by molar-refractivity contribution is 6.03. The maximum absolute atomic E-state index is 15.4. The van der Waals surface area contributed by atoms with Gasteiger partial charge in [-0.05, 0) is 43.2 Å². The SMILES string of the molecule is C=CC(=C)N1CCC[C@H](Nc2nc(Nc3ccc(N4CCOCC4)cc3)c3c(c2F)CNC3=O)C1. The van der Waals surface area contributed by atoms with Crippen LogP contribution in [0.2, 0.25) is 0 Å². The van der Waals surface area contributed by atoms with Crippen LogP contribution in [0.15, 0.2) is 49.2 Å². The predicted octanol–water partition coefficient (Wildman–Crippen LogP) is 3.62. The second-order valence-electron chi connectivity index (χ2n) is 9.06. The summed E-state index contributed by atoms with van der Waals surface area (Å²) in [5, 5.41) is 9.25. The largest absolute Gasteiger partial charge is 0.378 e. The molecule has 0 aliphatic carbocycles. The Morgan fingerprint density at radius 1 is 1.20 bits per heavy atom. The van der Waals surface area contributed by atoms with Gasteiger partial charge in [-0.15, -0.1) is 0 Å². The lowest BCUT2D eigenvalue weighted by molar-refractivity contribution is 0.0966. The highest BCUT2D eigenvalue weighted by Crippen LogP contribution is 2.33. The number of nitrogens with one attached hydrogen (secondary N) is 3. The smallest absolute Gasteiger partial charge is 0.255 e. The van der Waals surface area contributed by atoms with Crippen LogP contribution < -0.4 is 20.9 Å². The molecule has 2 aromatic rings. The first kappa shape index (κ1) is 23.2. The van der Waals surface area contributed by atoms with E-state index in [4.69, 9.17) is 4.74 Å². The molecule has 8 nitrogen and oxygen atoms in total. The zero-order valence-electron chi connectivity index (χ0n) is 19.8. The van der Waals surface area contributed by atoms with Crippen molar-refractivity contribution < 1.29 is 13.9 Å². The number of fused-ring (bicyclic) bond motifs is 1. The number of morpholine rings is 1. The van der Waals surface area contributed by atoms with Crippen molar-refractivity contribution in [2.45, 2.75) is 25.4 Å². The highest BCUT2D eigenvalue weighted by Gasteiger charge is 2.31. The van der Waals surface area contributed by atoms with E-state index in [1.54, 1.807) is 6.08 Å². The fraction of sp³-hybridized carbons (Fsp3) is 0.385. The molecule has 1 aromatic carbocycles. The topological polar surface area (TPSA) is 81.8 Å². The molecule has 1 aromatic heterocycles. The molecule has 0 radical (unpaired) electrons. The van der Waals surface area contributed by atoms with Gasteiger partial charge in [-0.2, -0.15) is 0 Å². The van der Waals surface area contributed by atoms with Gasteiger partial charge in [0.2, 0.25) is 0 Å². The average Bonchev–Trinajstić information content (AvgIpc) is 3.29. The van der Waals surface area contributed by atoms with Crippen molar-refractivity contribution in [3.63, 3.8) is 0 Å². The number of halogens is 1. The van der Waals surface area contributed by atoms with Gasteiger partial charge in [0.15, 0.2) is 11.6 Å². The van der Waals surface area contributed by atoms with E-state index in [9.17, 15) is 4.79 Å². The Balaban J connectivity index is 1.38. The van der Waals surface area contributed by atoms with Crippen LogP contribution >= 0.6 is 0 Å². The Kier molecular flexibility index (Phi) is 6.59. The molecule has 0 spiro atoms. The van der Waals surface area contributed by atoms with Crippen molar-refractivity contribution in [1.82, 2.24) is 15.2 Å². The second kappa shape index (κ2) is 9.95. The summed E-state index contributed by atoms with van der Waals surface area (Å²) in [5.41, 5.74) is 3.34. The number of carbonyl (C=O) groups is 1. The fourth-order valence-electron chi connectivity index (χ4n) is 4.86. The number of likely N-dealkylation sites (tertiary alicyclic amines) is 1. The van der Waals surface area contributed by atoms with Crippen LogP contribution in [0.25, 0.3) is 0 Å². The van der Waals surface area contributed by atoms with E-state index in [1.165, 1.54) is 0 Å². The molecule has 2 fully saturated rings. The first-order chi connectivity index (χ1) is 17.0. The molecule has 1 atom stereocenters. The molecular weight excluding hydrogens is 447 g/mol. The number of aromatic nitrogens is 1. The normalized spacial score (nSPS) is 19.7. The molecule has 2 saturated heterocycles. The number of benzene rings is 1. The van der Waals surface area contributed by atoms with E-state index in [1.807, 2.05) is 24.3 Å². The minimum atomic E-state index is -0.480. The summed E-state index contributed by atoms with van der Waals surface area (Å²) >= 11 is 0. The van der Waals surface area contributed by atoms with Gasteiger partial charge in [0.1, 0.15) is 5.82 Å². The molecule has 9 heteroatoms. The van der Waals surface area contributed by atoms with Gasteiger partial charge >= 0.3 is 0 Å². The van der Waals surface area contributed by atoms with Crippen LogP contribution in [0.4, 0.5) is 27.4 Å². The summed E-state index contributed by atoms with van der Waals surface area (Å²) in [6, 6.07) is 7.95. The molecule has 3 N–H and O–H groups in total. The summed E-state index contributed by atoms with van der Waals surface area (Å²) in [7, 11) is 0. The summed E-state index contributed by atoms with van der Waals surface area (Å²) in [4.78, 5) is 21.5. The van der Waals surface area contributed by atoms with Crippen LogP contribution in [0, 0.1) is 5.82 Å². The molecule has 0 bridgehead atoms. The van der Waals surface area contributed by atoms with E-state index in [0.717, 1.165) is 62.8 Å². The van der Waals surface area contributed by atoms with Crippen molar-refractivity contribution in [3.05, 3.63) is 66.1 Å². The number of amides is 1. The van der Waals surface area contributed by atoms with Crippen molar-refractivity contribution in [2.24, 2.45) is 0 Å². The Morgan fingerprint density at radius 2 is 1.97 bits per heavy atom. The van der Waals surface area contributed by atoms with Gasteiger partial charge in [-0.1, -0.05) is 13.2 Å². The number of pyridine rings is 1. The standard InChI is InChI=1S/C26H31FN6O2/c1-3-17(2)33-10-4-5-19(16-33)30-25-23(27)21-15-28-26(34)22(21)24(31-25)29-18-6-8-20(9-7-18)32-11-13-35-14-12-32/h3,6-9,19H,1-2,4-5,10-16H2,(H,28,34)(H2,29,30,31)/t19-/m0/s1. The Hall–Kier alpha value is -3.59. The molecule has 4 heterocycles. The molecule has 0 unspecified atom stereocenters. The summed E-state index contributed by atoms with van der Waals surface area (Å²) in [5.74, 6) is -0.298.